The van der Waals surface area contributed by atoms with Crippen molar-refractivity contribution >= 4 is 17.7 Å². The Morgan fingerprint density at radius 1 is 1.38 bits per heavy atom. The molecule has 2 aromatic heterocycles. The number of aliphatic hydroxyl groups is 1. The number of rotatable bonds is 6. The molecule has 3 heterocycles. The molecule has 0 saturated carbocycles. The van der Waals surface area contributed by atoms with Crippen molar-refractivity contribution in [2.45, 2.75) is 18.6 Å². The maximum absolute atomic E-state index is 12.1. The number of hydrogen-bond acceptors (Lipinski definition) is 6. The molecule has 0 aromatic carbocycles. The molecule has 0 bridgehead atoms. The molecule has 1 fully saturated rings. The lowest BCUT2D eigenvalue weighted by Gasteiger charge is -2.12. The normalized spacial score (nSPS) is 18.1. The molecule has 3 rings (SSSR count). The average molecular weight is 345 g/mol. The average Bonchev–Trinajstić information content (AvgIpc) is 3.14. The Balaban J connectivity index is 1.51. The third-order valence-electron chi connectivity index (χ3n) is 3.66. The molecular formula is C17H19N3O3S. The molecular weight excluding hydrogens is 326 g/mol. The highest BCUT2D eigenvalue weighted by atomic mass is 32.2. The van der Waals surface area contributed by atoms with E-state index in [4.69, 9.17) is 4.74 Å². The van der Waals surface area contributed by atoms with E-state index in [0.29, 0.717) is 17.1 Å². The summed E-state index contributed by atoms with van der Waals surface area (Å²) in [5.41, 5.74) is 0.950. The van der Waals surface area contributed by atoms with Gasteiger partial charge in [-0.2, -0.15) is 11.8 Å². The molecule has 2 aromatic rings. The fourth-order valence-electron chi connectivity index (χ4n) is 2.33. The van der Waals surface area contributed by atoms with E-state index in [2.05, 4.69) is 15.3 Å². The van der Waals surface area contributed by atoms with Gasteiger partial charge in [0.25, 0.3) is 5.91 Å². The quantitative estimate of drug-likeness (QED) is 0.831. The van der Waals surface area contributed by atoms with Gasteiger partial charge in [-0.05, 0) is 30.4 Å². The number of ether oxygens (including phenoxy) is 1. The van der Waals surface area contributed by atoms with E-state index in [1.165, 1.54) is 6.20 Å². The summed E-state index contributed by atoms with van der Waals surface area (Å²) < 4.78 is 5.75. The SMILES string of the molecule is O=C(NCC(O)c1ccccn1)c1ccc(OC2CCSC2)nc1. The summed E-state index contributed by atoms with van der Waals surface area (Å²) in [5.74, 6) is 2.34. The third kappa shape index (κ3) is 4.46. The highest BCUT2D eigenvalue weighted by molar-refractivity contribution is 7.99. The zero-order chi connectivity index (χ0) is 16.8. The van der Waals surface area contributed by atoms with E-state index in [0.717, 1.165) is 17.9 Å². The highest BCUT2D eigenvalue weighted by Gasteiger charge is 2.18. The van der Waals surface area contributed by atoms with Crippen LogP contribution >= 0.6 is 11.8 Å². The van der Waals surface area contributed by atoms with E-state index in [1.54, 1.807) is 36.5 Å². The number of pyridine rings is 2. The van der Waals surface area contributed by atoms with Gasteiger partial charge in [0.15, 0.2) is 0 Å². The summed E-state index contributed by atoms with van der Waals surface area (Å²) >= 11 is 1.87. The van der Waals surface area contributed by atoms with Gasteiger partial charge in [-0.15, -0.1) is 0 Å². The van der Waals surface area contributed by atoms with Crippen LogP contribution in [0.5, 0.6) is 5.88 Å². The van der Waals surface area contributed by atoms with Gasteiger partial charge in [0.05, 0.1) is 11.3 Å². The minimum atomic E-state index is -0.842. The first kappa shape index (κ1) is 16.7. The van der Waals surface area contributed by atoms with E-state index in [9.17, 15) is 9.90 Å². The molecule has 2 unspecified atom stereocenters. The van der Waals surface area contributed by atoms with Crippen molar-refractivity contribution in [3.8, 4) is 5.88 Å². The van der Waals surface area contributed by atoms with Crippen LogP contribution in [0, 0.1) is 0 Å². The summed E-state index contributed by atoms with van der Waals surface area (Å²) in [4.78, 5) is 20.3. The molecule has 0 spiro atoms. The van der Waals surface area contributed by atoms with Crippen LogP contribution in [0.25, 0.3) is 0 Å². The number of hydrogen-bond donors (Lipinski definition) is 2. The minimum Gasteiger partial charge on any atom is -0.473 e. The summed E-state index contributed by atoms with van der Waals surface area (Å²) in [6.45, 7) is 0.0907. The van der Waals surface area contributed by atoms with Crippen LogP contribution in [-0.2, 0) is 0 Å². The van der Waals surface area contributed by atoms with Crippen LogP contribution in [0.2, 0.25) is 0 Å². The standard InChI is InChI=1S/C17H19N3O3S/c21-15(14-3-1-2-7-18-14)10-20-17(22)12-4-5-16(19-9-12)23-13-6-8-24-11-13/h1-5,7,9,13,15,21H,6,8,10-11H2,(H,20,22). The maximum atomic E-state index is 12.1. The smallest absolute Gasteiger partial charge is 0.252 e. The molecule has 0 aliphatic carbocycles. The van der Waals surface area contributed by atoms with Crippen LogP contribution in [-0.4, -0.2) is 45.1 Å². The van der Waals surface area contributed by atoms with Gasteiger partial charge < -0.3 is 15.2 Å². The summed E-state index contributed by atoms with van der Waals surface area (Å²) in [6.07, 6.45) is 3.48. The van der Waals surface area contributed by atoms with Gasteiger partial charge in [0.1, 0.15) is 12.2 Å². The number of aliphatic hydroxyl groups excluding tert-OH is 1. The topological polar surface area (TPSA) is 84.3 Å². The lowest BCUT2D eigenvalue weighted by molar-refractivity contribution is 0.0913. The second-order valence-corrected chi connectivity index (χ2v) is 6.62. The van der Waals surface area contributed by atoms with Crippen LogP contribution in [0.1, 0.15) is 28.6 Å². The zero-order valence-corrected chi connectivity index (χ0v) is 13.9. The number of carbonyl (C=O) groups excluding carboxylic acids is 1. The van der Waals surface area contributed by atoms with Crippen molar-refractivity contribution in [3.05, 3.63) is 54.0 Å². The number of thioether (sulfide) groups is 1. The Kier molecular flexibility index (Phi) is 5.66. The summed E-state index contributed by atoms with van der Waals surface area (Å²) in [7, 11) is 0. The fraction of sp³-hybridized carbons (Fsp3) is 0.353. The number of nitrogens with one attached hydrogen (secondary N) is 1. The van der Waals surface area contributed by atoms with Gasteiger partial charge in [-0.3, -0.25) is 9.78 Å². The number of carbonyl (C=O) groups is 1. The first-order valence-corrected chi connectivity index (χ1v) is 8.95. The Bertz CT molecular complexity index is 661. The summed E-state index contributed by atoms with van der Waals surface area (Å²) in [5, 5.41) is 12.7. The van der Waals surface area contributed by atoms with E-state index >= 15 is 0 Å². The Hall–Kier alpha value is -2.12. The largest absolute Gasteiger partial charge is 0.473 e. The Labute approximate surface area is 144 Å². The molecule has 1 aliphatic heterocycles. The molecule has 2 atom stereocenters. The molecule has 24 heavy (non-hydrogen) atoms. The third-order valence-corrected chi connectivity index (χ3v) is 4.79. The molecule has 7 heteroatoms. The monoisotopic (exact) mass is 345 g/mol. The van der Waals surface area contributed by atoms with Gasteiger partial charge in [-0.25, -0.2) is 4.98 Å². The predicted molar refractivity (Wildman–Crippen MR) is 92.1 cm³/mol. The van der Waals surface area contributed by atoms with Crippen LogP contribution in [0.3, 0.4) is 0 Å². The molecule has 126 valence electrons. The lowest BCUT2D eigenvalue weighted by atomic mass is 10.2. The van der Waals surface area contributed by atoms with Crippen molar-refractivity contribution in [2.24, 2.45) is 0 Å². The maximum Gasteiger partial charge on any atom is 0.252 e. The van der Waals surface area contributed by atoms with Gasteiger partial charge in [0, 0.05) is 30.8 Å². The van der Waals surface area contributed by atoms with Gasteiger partial charge >= 0.3 is 0 Å². The van der Waals surface area contributed by atoms with E-state index in [1.807, 2.05) is 11.8 Å². The second kappa shape index (κ2) is 8.12. The first-order valence-electron chi connectivity index (χ1n) is 7.80. The van der Waals surface area contributed by atoms with Crippen LogP contribution in [0.4, 0.5) is 0 Å². The van der Waals surface area contributed by atoms with Gasteiger partial charge in [0.2, 0.25) is 5.88 Å². The number of aromatic nitrogens is 2. The Morgan fingerprint density at radius 3 is 2.96 bits per heavy atom. The fourth-order valence-corrected chi connectivity index (χ4v) is 3.42. The van der Waals surface area contributed by atoms with Crippen molar-refractivity contribution in [2.75, 3.05) is 18.1 Å². The predicted octanol–water partition coefficient (Wildman–Crippen LogP) is 1.82. The number of amides is 1. The van der Waals surface area contributed by atoms with Gasteiger partial charge in [-0.1, -0.05) is 6.07 Å². The second-order valence-electron chi connectivity index (χ2n) is 5.47. The van der Waals surface area contributed by atoms with Crippen LogP contribution < -0.4 is 10.1 Å². The molecule has 1 amide bonds. The molecule has 2 N–H and O–H groups in total. The lowest BCUT2D eigenvalue weighted by Crippen LogP contribution is -2.28. The Morgan fingerprint density at radius 2 is 2.29 bits per heavy atom. The van der Waals surface area contributed by atoms with Crippen molar-refractivity contribution in [3.63, 3.8) is 0 Å². The van der Waals surface area contributed by atoms with Crippen molar-refractivity contribution in [1.82, 2.24) is 15.3 Å². The van der Waals surface area contributed by atoms with Crippen molar-refractivity contribution < 1.29 is 14.6 Å². The minimum absolute atomic E-state index is 0.0907. The molecule has 6 nitrogen and oxygen atoms in total. The van der Waals surface area contributed by atoms with E-state index < -0.39 is 6.10 Å². The van der Waals surface area contributed by atoms with Crippen molar-refractivity contribution in [1.29, 1.82) is 0 Å². The highest BCUT2D eigenvalue weighted by Crippen LogP contribution is 2.22. The zero-order valence-electron chi connectivity index (χ0n) is 13.1. The first-order chi connectivity index (χ1) is 11.7. The molecule has 0 radical (unpaired) electrons. The number of nitrogens with zero attached hydrogens (tertiary/aromatic N) is 2. The molecule has 1 saturated heterocycles. The summed E-state index contributed by atoms with van der Waals surface area (Å²) in [6, 6.07) is 8.65. The molecule has 1 aliphatic rings. The van der Waals surface area contributed by atoms with Crippen LogP contribution in [0.15, 0.2) is 42.7 Å². The van der Waals surface area contributed by atoms with E-state index in [-0.39, 0.29) is 18.6 Å².